The van der Waals surface area contributed by atoms with Gasteiger partial charge in [0, 0.05) is 35.0 Å². The molecule has 0 bridgehead atoms. The van der Waals surface area contributed by atoms with E-state index < -0.39 is 0 Å². The fourth-order valence-electron chi connectivity index (χ4n) is 2.62. The molecule has 25 heavy (non-hydrogen) atoms. The molecule has 2 N–H and O–H groups in total. The molecular weight excluding hydrogens is 340 g/mol. The summed E-state index contributed by atoms with van der Waals surface area (Å²) < 4.78 is 5.48. The molecule has 1 aliphatic heterocycles. The number of nitrogens with one attached hydrogen (secondary N) is 2. The van der Waals surface area contributed by atoms with Crippen LogP contribution in [0.5, 0.6) is 0 Å². The molecule has 1 fully saturated rings. The zero-order valence-electron chi connectivity index (χ0n) is 13.6. The fourth-order valence-corrected chi connectivity index (χ4v) is 2.75. The summed E-state index contributed by atoms with van der Waals surface area (Å²) in [7, 11) is 0. The molecule has 3 rings (SSSR count). The van der Waals surface area contributed by atoms with Gasteiger partial charge in [-0.15, -0.1) is 0 Å². The summed E-state index contributed by atoms with van der Waals surface area (Å²) >= 11 is 5.82. The maximum atomic E-state index is 12.2. The van der Waals surface area contributed by atoms with Gasteiger partial charge in [-0.1, -0.05) is 11.6 Å². The van der Waals surface area contributed by atoms with Crippen molar-refractivity contribution in [1.29, 1.82) is 0 Å². The number of hydrogen-bond acceptors (Lipinski definition) is 3. The Bertz CT molecular complexity index is 738. The van der Waals surface area contributed by atoms with Crippen LogP contribution in [0.2, 0.25) is 5.02 Å². The van der Waals surface area contributed by atoms with Crippen LogP contribution in [-0.4, -0.2) is 31.1 Å². The van der Waals surface area contributed by atoms with E-state index in [2.05, 4.69) is 10.6 Å². The van der Waals surface area contributed by atoms with Crippen LogP contribution in [-0.2, 0) is 4.74 Å². The first kappa shape index (κ1) is 17.5. The largest absolute Gasteiger partial charge is 0.376 e. The van der Waals surface area contributed by atoms with Crippen molar-refractivity contribution < 1.29 is 14.3 Å². The molecule has 1 aliphatic rings. The van der Waals surface area contributed by atoms with Crippen LogP contribution in [0.3, 0.4) is 0 Å². The van der Waals surface area contributed by atoms with Gasteiger partial charge in [0.05, 0.1) is 6.10 Å². The number of ether oxygens (including phenoxy) is 1. The number of carbonyl (C=O) groups excluding carboxylic acids is 2. The molecule has 0 saturated carbocycles. The number of amides is 2. The molecule has 2 aromatic carbocycles. The SMILES string of the molecule is O=C(NCC1CCCO1)c1ccc(C(=O)Nc2ccc(Cl)cc2)cc1. The van der Waals surface area contributed by atoms with Gasteiger partial charge < -0.3 is 15.4 Å². The topological polar surface area (TPSA) is 67.4 Å². The minimum atomic E-state index is -0.242. The van der Waals surface area contributed by atoms with Gasteiger partial charge in [0.25, 0.3) is 11.8 Å². The van der Waals surface area contributed by atoms with Crippen molar-refractivity contribution in [2.75, 3.05) is 18.5 Å². The number of hydrogen-bond donors (Lipinski definition) is 2. The Labute approximate surface area is 151 Å². The molecule has 130 valence electrons. The van der Waals surface area contributed by atoms with E-state index in [4.69, 9.17) is 16.3 Å². The van der Waals surface area contributed by atoms with Crippen molar-refractivity contribution in [2.45, 2.75) is 18.9 Å². The summed E-state index contributed by atoms with van der Waals surface area (Å²) in [6.45, 7) is 1.27. The minimum absolute atomic E-state index is 0.105. The Kier molecular flexibility index (Phi) is 5.68. The van der Waals surface area contributed by atoms with Gasteiger partial charge in [0.15, 0.2) is 0 Å². The van der Waals surface area contributed by atoms with E-state index in [1.807, 2.05) is 0 Å². The van der Waals surface area contributed by atoms with E-state index >= 15 is 0 Å². The molecule has 2 amide bonds. The van der Waals surface area contributed by atoms with Crippen LogP contribution in [0.1, 0.15) is 33.6 Å². The van der Waals surface area contributed by atoms with Crippen molar-refractivity contribution in [2.24, 2.45) is 0 Å². The lowest BCUT2D eigenvalue weighted by Gasteiger charge is -2.11. The van der Waals surface area contributed by atoms with Crippen LogP contribution in [0.25, 0.3) is 0 Å². The summed E-state index contributed by atoms with van der Waals surface area (Å²) in [6, 6.07) is 13.4. The molecule has 1 atom stereocenters. The van der Waals surface area contributed by atoms with Gasteiger partial charge in [-0.2, -0.15) is 0 Å². The Morgan fingerprint density at radius 3 is 2.24 bits per heavy atom. The number of rotatable bonds is 5. The van der Waals surface area contributed by atoms with E-state index in [0.717, 1.165) is 19.4 Å². The maximum Gasteiger partial charge on any atom is 0.255 e. The normalized spacial score (nSPS) is 16.4. The average Bonchev–Trinajstić information content (AvgIpc) is 3.15. The predicted octanol–water partition coefficient (Wildman–Crippen LogP) is 3.50. The molecule has 0 spiro atoms. The van der Waals surface area contributed by atoms with Crippen LogP contribution in [0.4, 0.5) is 5.69 Å². The van der Waals surface area contributed by atoms with Crippen LogP contribution >= 0.6 is 11.6 Å². The second-order valence-electron chi connectivity index (χ2n) is 5.88. The van der Waals surface area contributed by atoms with E-state index in [1.165, 1.54) is 0 Å². The highest BCUT2D eigenvalue weighted by molar-refractivity contribution is 6.30. The van der Waals surface area contributed by atoms with Crippen molar-refractivity contribution in [3.8, 4) is 0 Å². The Morgan fingerprint density at radius 1 is 1.00 bits per heavy atom. The third kappa shape index (κ3) is 4.81. The van der Waals surface area contributed by atoms with E-state index in [1.54, 1.807) is 48.5 Å². The first-order valence-corrected chi connectivity index (χ1v) is 8.56. The van der Waals surface area contributed by atoms with E-state index in [9.17, 15) is 9.59 Å². The summed E-state index contributed by atoms with van der Waals surface area (Å²) in [5, 5.41) is 6.25. The summed E-state index contributed by atoms with van der Waals surface area (Å²) in [5.74, 6) is -0.409. The van der Waals surface area contributed by atoms with Crippen LogP contribution in [0, 0.1) is 0 Å². The second-order valence-corrected chi connectivity index (χ2v) is 6.32. The van der Waals surface area contributed by atoms with Crippen LogP contribution < -0.4 is 10.6 Å². The third-order valence-electron chi connectivity index (χ3n) is 4.03. The molecule has 5 nitrogen and oxygen atoms in total. The average molecular weight is 359 g/mol. The predicted molar refractivity (Wildman–Crippen MR) is 97.2 cm³/mol. The quantitative estimate of drug-likeness (QED) is 0.859. The van der Waals surface area contributed by atoms with Crippen molar-refractivity contribution in [3.05, 3.63) is 64.7 Å². The van der Waals surface area contributed by atoms with Gasteiger partial charge >= 0.3 is 0 Å². The van der Waals surface area contributed by atoms with Crippen molar-refractivity contribution >= 4 is 29.1 Å². The summed E-state index contributed by atoms with van der Waals surface area (Å²) in [6.07, 6.45) is 2.12. The van der Waals surface area contributed by atoms with Crippen molar-refractivity contribution in [3.63, 3.8) is 0 Å². The third-order valence-corrected chi connectivity index (χ3v) is 4.28. The van der Waals surface area contributed by atoms with Gasteiger partial charge in [0.1, 0.15) is 0 Å². The van der Waals surface area contributed by atoms with E-state index in [-0.39, 0.29) is 17.9 Å². The molecular formula is C19H19ClN2O3. The van der Waals surface area contributed by atoms with Gasteiger partial charge in [-0.3, -0.25) is 9.59 Å². The first-order valence-electron chi connectivity index (χ1n) is 8.18. The van der Waals surface area contributed by atoms with E-state index in [0.29, 0.717) is 28.4 Å². The molecule has 0 aromatic heterocycles. The molecule has 0 aliphatic carbocycles. The molecule has 6 heteroatoms. The van der Waals surface area contributed by atoms with Crippen LogP contribution in [0.15, 0.2) is 48.5 Å². The number of anilines is 1. The lowest BCUT2D eigenvalue weighted by Crippen LogP contribution is -2.31. The Morgan fingerprint density at radius 2 is 1.64 bits per heavy atom. The summed E-state index contributed by atoms with van der Waals surface area (Å²) in [4.78, 5) is 24.3. The zero-order valence-corrected chi connectivity index (χ0v) is 14.4. The molecule has 1 heterocycles. The highest BCUT2D eigenvalue weighted by Gasteiger charge is 2.16. The first-order chi connectivity index (χ1) is 12.1. The highest BCUT2D eigenvalue weighted by atomic mass is 35.5. The minimum Gasteiger partial charge on any atom is -0.376 e. The van der Waals surface area contributed by atoms with Crippen molar-refractivity contribution in [1.82, 2.24) is 5.32 Å². The number of halogens is 1. The molecule has 2 aromatic rings. The molecule has 1 unspecified atom stereocenters. The Hall–Kier alpha value is -2.37. The second kappa shape index (κ2) is 8.14. The lowest BCUT2D eigenvalue weighted by molar-refractivity contribution is 0.0857. The summed E-state index contributed by atoms with van der Waals surface area (Å²) in [5.41, 5.74) is 1.65. The lowest BCUT2D eigenvalue weighted by atomic mass is 10.1. The Balaban J connectivity index is 1.56. The molecule has 0 radical (unpaired) electrons. The number of carbonyl (C=O) groups is 2. The molecule has 1 saturated heterocycles. The zero-order chi connectivity index (χ0) is 17.6. The smallest absolute Gasteiger partial charge is 0.255 e. The highest BCUT2D eigenvalue weighted by Crippen LogP contribution is 2.15. The monoisotopic (exact) mass is 358 g/mol. The van der Waals surface area contributed by atoms with Gasteiger partial charge in [-0.25, -0.2) is 0 Å². The van der Waals surface area contributed by atoms with Gasteiger partial charge in [-0.05, 0) is 61.4 Å². The standard InChI is InChI=1S/C19H19ClN2O3/c20-15-7-9-16(10-8-15)22-19(24)14-5-3-13(4-6-14)18(23)21-12-17-2-1-11-25-17/h3-10,17H,1-2,11-12H2,(H,21,23)(H,22,24). The number of benzene rings is 2. The maximum absolute atomic E-state index is 12.2. The fraction of sp³-hybridized carbons (Fsp3) is 0.263. The van der Waals surface area contributed by atoms with Gasteiger partial charge in [0.2, 0.25) is 0 Å².